The predicted molar refractivity (Wildman–Crippen MR) is 77.9 cm³/mol. The van der Waals surface area contributed by atoms with Crippen LogP contribution in [0.25, 0.3) is 0 Å². The van der Waals surface area contributed by atoms with Gasteiger partial charge in [0.1, 0.15) is 0 Å². The first kappa shape index (κ1) is 13.9. The Hall–Kier alpha value is -0.520. The molecular weight excluding hydrogens is 244 g/mol. The average molecular weight is 268 g/mol. The van der Waals surface area contributed by atoms with Gasteiger partial charge in [0.2, 0.25) is 0 Å². The molecule has 0 aliphatic heterocycles. The molecule has 0 bridgehead atoms. The van der Waals surface area contributed by atoms with Crippen molar-refractivity contribution in [2.75, 3.05) is 32.1 Å². The van der Waals surface area contributed by atoms with Gasteiger partial charge in [0.15, 0.2) is 0 Å². The van der Waals surface area contributed by atoms with Gasteiger partial charge in [0, 0.05) is 18.8 Å². The molecule has 1 saturated carbocycles. The Morgan fingerprint density at radius 2 is 2.39 bits per heavy atom. The number of hydrogen-bond acceptors (Lipinski definition) is 4. The van der Waals surface area contributed by atoms with E-state index in [1.165, 1.54) is 30.7 Å². The molecule has 2 N–H and O–H groups in total. The molecule has 5 heteroatoms. The standard InChI is InChI=1S/C13H24N4S/c1-16(6-3-7-18-2)12(8-14)13-9-15-10-17(13)11-4-5-11/h9-12H,3-8,14H2,1-2H3. The number of hydrogen-bond donors (Lipinski definition) is 1. The molecule has 1 aromatic heterocycles. The molecule has 1 aliphatic rings. The maximum absolute atomic E-state index is 5.97. The lowest BCUT2D eigenvalue weighted by molar-refractivity contribution is 0.241. The second-order valence-electron chi connectivity index (χ2n) is 5.04. The Labute approximate surface area is 114 Å². The first-order valence-corrected chi connectivity index (χ1v) is 8.08. The maximum atomic E-state index is 5.97. The number of nitrogens with two attached hydrogens (primary N) is 1. The summed E-state index contributed by atoms with van der Waals surface area (Å²) in [6.45, 7) is 1.76. The summed E-state index contributed by atoms with van der Waals surface area (Å²) >= 11 is 1.90. The summed E-state index contributed by atoms with van der Waals surface area (Å²) in [4.78, 5) is 6.67. The zero-order chi connectivity index (χ0) is 13.0. The average Bonchev–Trinajstić information content (AvgIpc) is 3.11. The molecule has 0 saturated heterocycles. The number of rotatable bonds is 8. The minimum Gasteiger partial charge on any atom is -0.330 e. The van der Waals surface area contributed by atoms with E-state index in [2.05, 4.69) is 27.8 Å². The lowest BCUT2D eigenvalue weighted by Crippen LogP contribution is -2.33. The second-order valence-corrected chi connectivity index (χ2v) is 6.02. The molecule has 2 rings (SSSR count). The van der Waals surface area contributed by atoms with Crippen molar-refractivity contribution < 1.29 is 0 Å². The van der Waals surface area contributed by atoms with Crippen LogP contribution >= 0.6 is 11.8 Å². The zero-order valence-corrected chi connectivity index (χ0v) is 12.2. The van der Waals surface area contributed by atoms with E-state index in [4.69, 9.17) is 5.73 Å². The quantitative estimate of drug-likeness (QED) is 0.732. The summed E-state index contributed by atoms with van der Waals surface area (Å²) in [6.07, 6.45) is 9.90. The van der Waals surface area contributed by atoms with Crippen molar-refractivity contribution in [3.8, 4) is 0 Å². The number of thioether (sulfide) groups is 1. The monoisotopic (exact) mass is 268 g/mol. The molecule has 1 fully saturated rings. The summed E-state index contributed by atoms with van der Waals surface area (Å²) in [5.74, 6) is 1.21. The van der Waals surface area contributed by atoms with Crippen LogP contribution < -0.4 is 5.73 Å². The van der Waals surface area contributed by atoms with Gasteiger partial charge < -0.3 is 10.3 Å². The Kier molecular flexibility index (Phi) is 5.09. The van der Waals surface area contributed by atoms with Gasteiger partial charge in [-0.1, -0.05) is 0 Å². The number of nitrogens with zero attached hydrogens (tertiary/aromatic N) is 3. The minimum atomic E-state index is 0.301. The van der Waals surface area contributed by atoms with Gasteiger partial charge in [-0.2, -0.15) is 11.8 Å². The molecule has 0 radical (unpaired) electrons. The Morgan fingerprint density at radius 1 is 1.61 bits per heavy atom. The molecule has 18 heavy (non-hydrogen) atoms. The molecule has 1 unspecified atom stereocenters. The fourth-order valence-electron chi connectivity index (χ4n) is 2.37. The van der Waals surface area contributed by atoms with Crippen molar-refractivity contribution in [2.45, 2.75) is 31.3 Å². The van der Waals surface area contributed by atoms with Gasteiger partial charge in [-0.05, 0) is 44.9 Å². The normalized spacial score (nSPS) is 17.3. The first-order chi connectivity index (χ1) is 8.77. The Balaban J connectivity index is 2.00. The highest BCUT2D eigenvalue weighted by Gasteiger charge is 2.28. The van der Waals surface area contributed by atoms with Crippen LogP contribution in [0.3, 0.4) is 0 Å². The highest BCUT2D eigenvalue weighted by atomic mass is 32.2. The van der Waals surface area contributed by atoms with E-state index >= 15 is 0 Å². The highest BCUT2D eigenvalue weighted by molar-refractivity contribution is 7.98. The number of imidazole rings is 1. The van der Waals surface area contributed by atoms with E-state index in [-0.39, 0.29) is 0 Å². The van der Waals surface area contributed by atoms with Crippen molar-refractivity contribution >= 4 is 11.8 Å². The molecule has 1 heterocycles. The SMILES string of the molecule is CSCCCN(C)C(CN)c1cncn1C1CC1. The summed E-state index contributed by atoms with van der Waals surface area (Å²) in [7, 11) is 2.17. The van der Waals surface area contributed by atoms with Crippen LogP contribution in [0, 0.1) is 0 Å². The summed E-state index contributed by atoms with van der Waals surface area (Å²) in [5, 5.41) is 0. The van der Waals surface area contributed by atoms with E-state index in [0.717, 1.165) is 6.54 Å². The smallest absolute Gasteiger partial charge is 0.0951 e. The first-order valence-electron chi connectivity index (χ1n) is 6.69. The van der Waals surface area contributed by atoms with Crippen LogP contribution in [0.2, 0.25) is 0 Å². The van der Waals surface area contributed by atoms with Crippen molar-refractivity contribution in [3.05, 3.63) is 18.2 Å². The van der Waals surface area contributed by atoms with Gasteiger partial charge in [0.25, 0.3) is 0 Å². The lowest BCUT2D eigenvalue weighted by atomic mass is 10.2. The molecule has 1 aliphatic carbocycles. The van der Waals surface area contributed by atoms with Gasteiger partial charge in [-0.15, -0.1) is 0 Å². The molecule has 102 valence electrons. The van der Waals surface area contributed by atoms with Crippen LogP contribution in [-0.4, -0.2) is 46.6 Å². The van der Waals surface area contributed by atoms with Gasteiger partial charge >= 0.3 is 0 Å². The summed E-state index contributed by atoms with van der Waals surface area (Å²) in [6, 6.07) is 0.978. The van der Waals surface area contributed by atoms with E-state index in [1.807, 2.05) is 24.3 Å². The number of aromatic nitrogens is 2. The second kappa shape index (κ2) is 6.59. The van der Waals surface area contributed by atoms with Crippen molar-refractivity contribution in [3.63, 3.8) is 0 Å². The van der Waals surface area contributed by atoms with Crippen LogP contribution in [0.15, 0.2) is 12.5 Å². The Morgan fingerprint density at radius 3 is 3.00 bits per heavy atom. The van der Waals surface area contributed by atoms with Crippen LogP contribution in [0.4, 0.5) is 0 Å². The molecule has 0 amide bonds. The molecule has 0 spiro atoms. The fraction of sp³-hybridized carbons (Fsp3) is 0.769. The van der Waals surface area contributed by atoms with Crippen molar-refractivity contribution in [1.29, 1.82) is 0 Å². The predicted octanol–water partition coefficient (Wildman–Crippen LogP) is 1.90. The van der Waals surface area contributed by atoms with Crippen molar-refractivity contribution in [1.82, 2.24) is 14.5 Å². The third-order valence-corrected chi connectivity index (χ3v) is 4.29. The third-order valence-electron chi connectivity index (χ3n) is 3.59. The lowest BCUT2D eigenvalue weighted by Gasteiger charge is -2.27. The van der Waals surface area contributed by atoms with Crippen LogP contribution in [0.5, 0.6) is 0 Å². The Bertz CT molecular complexity index is 362. The molecule has 1 atom stereocenters. The highest BCUT2D eigenvalue weighted by Crippen LogP contribution is 2.37. The zero-order valence-electron chi connectivity index (χ0n) is 11.4. The van der Waals surface area contributed by atoms with E-state index in [1.54, 1.807) is 0 Å². The van der Waals surface area contributed by atoms with Crippen LogP contribution in [-0.2, 0) is 0 Å². The van der Waals surface area contributed by atoms with E-state index in [0.29, 0.717) is 18.6 Å². The van der Waals surface area contributed by atoms with Gasteiger partial charge in [0.05, 0.1) is 18.1 Å². The fourth-order valence-corrected chi connectivity index (χ4v) is 2.79. The van der Waals surface area contributed by atoms with E-state index in [9.17, 15) is 0 Å². The van der Waals surface area contributed by atoms with E-state index < -0.39 is 0 Å². The summed E-state index contributed by atoms with van der Waals surface area (Å²) < 4.78 is 2.32. The maximum Gasteiger partial charge on any atom is 0.0951 e. The third kappa shape index (κ3) is 3.28. The molecule has 0 aromatic carbocycles. The largest absolute Gasteiger partial charge is 0.330 e. The van der Waals surface area contributed by atoms with Crippen molar-refractivity contribution in [2.24, 2.45) is 5.73 Å². The summed E-state index contributed by atoms with van der Waals surface area (Å²) in [5.41, 5.74) is 7.25. The topological polar surface area (TPSA) is 47.1 Å². The number of likely N-dealkylation sites (N-methyl/N-ethyl adjacent to an activating group) is 1. The van der Waals surface area contributed by atoms with Gasteiger partial charge in [-0.3, -0.25) is 4.90 Å². The minimum absolute atomic E-state index is 0.301. The molecule has 1 aromatic rings. The molecular formula is C13H24N4S. The molecule has 4 nitrogen and oxygen atoms in total. The van der Waals surface area contributed by atoms with Gasteiger partial charge in [-0.25, -0.2) is 4.98 Å². The van der Waals surface area contributed by atoms with Crippen LogP contribution in [0.1, 0.15) is 37.0 Å².